The number of carboxylic acid groups (broad SMARTS) is 1. The Morgan fingerprint density at radius 1 is 1.48 bits per heavy atom. The molecule has 2 heterocycles. The van der Waals surface area contributed by atoms with E-state index < -0.39 is 22.0 Å². The van der Waals surface area contributed by atoms with Crippen LogP contribution in [0.25, 0.3) is 0 Å². The van der Waals surface area contributed by atoms with Crippen molar-refractivity contribution in [3.8, 4) is 0 Å². The van der Waals surface area contributed by atoms with Gasteiger partial charge in [0.1, 0.15) is 4.90 Å². The maximum atomic E-state index is 12.7. The van der Waals surface area contributed by atoms with Gasteiger partial charge in [-0.05, 0) is 32.2 Å². The number of nitrogens with one attached hydrogen (secondary N) is 1. The number of aryl methyl sites for hydroxylation is 2. The van der Waals surface area contributed by atoms with E-state index in [-0.39, 0.29) is 11.3 Å². The second kappa shape index (κ2) is 6.81. The number of aliphatic carboxylic acids is 1. The lowest BCUT2D eigenvalue weighted by Gasteiger charge is -2.16. The third-order valence-corrected chi connectivity index (χ3v) is 6.16. The van der Waals surface area contributed by atoms with Gasteiger partial charge in [-0.15, -0.1) is 11.3 Å². The molecule has 126 valence electrons. The second-order valence-electron chi connectivity index (χ2n) is 5.10. The zero-order valence-electron chi connectivity index (χ0n) is 13.1. The zero-order chi connectivity index (χ0) is 17.2. The van der Waals surface area contributed by atoms with E-state index in [1.165, 1.54) is 11.3 Å². The maximum absolute atomic E-state index is 12.7. The van der Waals surface area contributed by atoms with Crippen LogP contribution in [-0.4, -0.2) is 29.3 Å². The fourth-order valence-corrected chi connectivity index (χ4v) is 4.97. The highest BCUT2D eigenvalue weighted by atomic mass is 32.2. The summed E-state index contributed by atoms with van der Waals surface area (Å²) in [6, 6.07) is 2.67. The van der Waals surface area contributed by atoms with Crippen molar-refractivity contribution in [1.82, 2.24) is 14.5 Å². The Hall–Kier alpha value is -1.71. The molecule has 0 radical (unpaired) electrons. The number of thiophene rings is 1. The van der Waals surface area contributed by atoms with Crippen LogP contribution in [0.1, 0.15) is 35.7 Å². The maximum Gasteiger partial charge on any atom is 0.305 e. The molecule has 2 aromatic heterocycles. The molecule has 23 heavy (non-hydrogen) atoms. The lowest BCUT2D eigenvalue weighted by atomic mass is 10.2. The Morgan fingerprint density at radius 2 is 2.17 bits per heavy atom. The summed E-state index contributed by atoms with van der Waals surface area (Å²) in [6.45, 7) is 5.76. The highest BCUT2D eigenvalue weighted by Gasteiger charge is 2.29. The van der Waals surface area contributed by atoms with E-state index >= 15 is 0 Å². The molecule has 2 N–H and O–H groups in total. The van der Waals surface area contributed by atoms with Crippen LogP contribution in [0, 0.1) is 13.8 Å². The minimum absolute atomic E-state index is 0.117. The minimum atomic E-state index is -3.87. The van der Waals surface area contributed by atoms with Gasteiger partial charge in [0.2, 0.25) is 10.0 Å². The summed E-state index contributed by atoms with van der Waals surface area (Å²) in [4.78, 5) is 11.8. The van der Waals surface area contributed by atoms with Crippen LogP contribution in [0.15, 0.2) is 22.4 Å². The van der Waals surface area contributed by atoms with Gasteiger partial charge in [-0.25, -0.2) is 13.1 Å². The fourth-order valence-electron chi connectivity index (χ4n) is 2.49. The average molecular weight is 357 g/mol. The molecule has 1 atom stereocenters. The summed E-state index contributed by atoms with van der Waals surface area (Å²) < 4.78 is 29.6. The summed E-state index contributed by atoms with van der Waals surface area (Å²) in [7, 11) is -3.87. The zero-order valence-corrected chi connectivity index (χ0v) is 14.7. The van der Waals surface area contributed by atoms with Gasteiger partial charge in [-0.2, -0.15) is 5.10 Å². The van der Waals surface area contributed by atoms with Gasteiger partial charge in [0.05, 0.1) is 23.9 Å². The number of carboxylic acids is 1. The predicted molar refractivity (Wildman–Crippen MR) is 87.0 cm³/mol. The standard InChI is InChI=1S/C14H19N3O4S2/c1-4-17-10(3)14(9(2)15-17)23(20,21)16-11(8-13(18)19)12-6-5-7-22-12/h5-7,11,16H,4,8H2,1-3H3,(H,18,19). The number of hydrogen-bond acceptors (Lipinski definition) is 5. The molecule has 0 aliphatic carbocycles. The van der Waals surface area contributed by atoms with E-state index in [0.29, 0.717) is 22.8 Å². The first-order valence-corrected chi connectivity index (χ1v) is 9.44. The topological polar surface area (TPSA) is 101 Å². The number of rotatable bonds is 7. The van der Waals surface area contributed by atoms with Crippen molar-refractivity contribution in [2.45, 2.75) is 44.7 Å². The molecule has 7 nitrogen and oxygen atoms in total. The lowest BCUT2D eigenvalue weighted by Crippen LogP contribution is -2.30. The molecule has 0 amide bonds. The molecule has 0 saturated carbocycles. The van der Waals surface area contributed by atoms with Crippen molar-refractivity contribution in [3.63, 3.8) is 0 Å². The number of hydrogen-bond donors (Lipinski definition) is 2. The van der Waals surface area contributed by atoms with Crippen molar-refractivity contribution >= 4 is 27.3 Å². The van der Waals surface area contributed by atoms with Crippen LogP contribution < -0.4 is 4.72 Å². The molecular weight excluding hydrogens is 338 g/mol. The van der Waals surface area contributed by atoms with Crippen LogP contribution in [0.5, 0.6) is 0 Å². The number of nitrogens with zero attached hydrogens (tertiary/aromatic N) is 2. The van der Waals surface area contributed by atoms with Crippen LogP contribution >= 0.6 is 11.3 Å². The van der Waals surface area contributed by atoms with Crippen molar-refractivity contribution in [3.05, 3.63) is 33.8 Å². The first-order chi connectivity index (χ1) is 10.8. The molecule has 0 aromatic carbocycles. The van der Waals surface area contributed by atoms with Crippen LogP contribution in [-0.2, 0) is 21.4 Å². The monoisotopic (exact) mass is 357 g/mol. The second-order valence-corrected chi connectivity index (χ2v) is 7.73. The Kier molecular flexibility index (Phi) is 5.23. The van der Waals surface area contributed by atoms with Crippen LogP contribution in [0.4, 0.5) is 0 Å². The van der Waals surface area contributed by atoms with E-state index in [4.69, 9.17) is 5.11 Å². The molecule has 0 aliphatic rings. The minimum Gasteiger partial charge on any atom is -0.481 e. The van der Waals surface area contributed by atoms with E-state index in [9.17, 15) is 13.2 Å². The fraction of sp³-hybridized carbons (Fsp3) is 0.429. The van der Waals surface area contributed by atoms with Crippen LogP contribution in [0.3, 0.4) is 0 Å². The Balaban J connectivity index is 2.39. The highest BCUT2D eigenvalue weighted by molar-refractivity contribution is 7.89. The molecule has 1 unspecified atom stereocenters. The number of carbonyl (C=O) groups is 1. The molecule has 0 aliphatic heterocycles. The Bertz CT molecular complexity index is 794. The smallest absolute Gasteiger partial charge is 0.305 e. The molecule has 0 fully saturated rings. The first kappa shape index (κ1) is 17.6. The molecule has 9 heteroatoms. The lowest BCUT2D eigenvalue weighted by molar-refractivity contribution is -0.137. The summed E-state index contributed by atoms with van der Waals surface area (Å²) in [6.07, 6.45) is -0.320. The number of sulfonamides is 1. The summed E-state index contributed by atoms with van der Waals surface area (Å²) in [5, 5.41) is 15.0. The molecule has 0 saturated heterocycles. The number of aromatic nitrogens is 2. The van der Waals surface area contributed by atoms with Gasteiger partial charge < -0.3 is 5.11 Å². The molecule has 2 rings (SSSR count). The predicted octanol–water partition coefficient (Wildman–Crippen LogP) is 2.08. The van der Waals surface area contributed by atoms with E-state index in [1.54, 1.807) is 36.0 Å². The Morgan fingerprint density at radius 3 is 2.65 bits per heavy atom. The quantitative estimate of drug-likeness (QED) is 0.790. The van der Waals surface area contributed by atoms with Gasteiger partial charge in [0, 0.05) is 11.4 Å². The van der Waals surface area contributed by atoms with Gasteiger partial charge in [0.15, 0.2) is 0 Å². The largest absolute Gasteiger partial charge is 0.481 e. The van der Waals surface area contributed by atoms with Crippen molar-refractivity contribution in [2.24, 2.45) is 0 Å². The Labute approximate surface area is 139 Å². The summed E-state index contributed by atoms with van der Waals surface area (Å²) in [5.41, 5.74) is 0.940. The SMILES string of the molecule is CCn1nc(C)c(S(=O)(=O)NC(CC(=O)O)c2cccs2)c1C. The van der Waals surface area contributed by atoms with Gasteiger partial charge >= 0.3 is 5.97 Å². The normalized spacial score (nSPS) is 13.2. The van der Waals surface area contributed by atoms with E-state index in [1.807, 2.05) is 6.92 Å². The molecule has 0 bridgehead atoms. The van der Waals surface area contributed by atoms with E-state index in [0.717, 1.165) is 0 Å². The van der Waals surface area contributed by atoms with Crippen molar-refractivity contribution < 1.29 is 18.3 Å². The van der Waals surface area contributed by atoms with Gasteiger partial charge in [-0.1, -0.05) is 6.07 Å². The van der Waals surface area contributed by atoms with Crippen molar-refractivity contribution in [2.75, 3.05) is 0 Å². The van der Waals surface area contributed by atoms with E-state index in [2.05, 4.69) is 9.82 Å². The summed E-state index contributed by atoms with van der Waals surface area (Å²) >= 11 is 1.32. The third-order valence-electron chi connectivity index (χ3n) is 3.45. The molecular formula is C14H19N3O4S2. The average Bonchev–Trinajstić information content (AvgIpc) is 3.05. The first-order valence-electron chi connectivity index (χ1n) is 7.07. The van der Waals surface area contributed by atoms with Gasteiger partial charge in [-0.3, -0.25) is 9.48 Å². The van der Waals surface area contributed by atoms with Crippen molar-refractivity contribution in [1.29, 1.82) is 0 Å². The highest BCUT2D eigenvalue weighted by Crippen LogP contribution is 2.26. The van der Waals surface area contributed by atoms with Gasteiger partial charge in [0.25, 0.3) is 0 Å². The summed E-state index contributed by atoms with van der Waals surface area (Å²) in [5.74, 6) is -1.07. The molecule has 2 aromatic rings. The van der Waals surface area contributed by atoms with Crippen LogP contribution in [0.2, 0.25) is 0 Å². The molecule has 0 spiro atoms. The third kappa shape index (κ3) is 3.80.